The van der Waals surface area contributed by atoms with E-state index >= 15 is 0 Å². The molecule has 13 heavy (non-hydrogen) atoms. The Hall–Kier alpha value is -1.51. The summed E-state index contributed by atoms with van der Waals surface area (Å²) in [7, 11) is 1.64. The number of rotatable bonds is 4. The summed E-state index contributed by atoms with van der Waals surface area (Å²) in [4.78, 5) is 5.00. The molecule has 0 fully saturated rings. The summed E-state index contributed by atoms with van der Waals surface area (Å²) in [6.07, 6.45) is 1.61. The minimum atomic E-state index is 0.439. The summed E-state index contributed by atoms with van der Waals surface area (Å²) < 4.78 is 5.14. The Morgan fingerprint density at radius 1 is 1.38 bits per heavy atom. The van der Waals surface area contributed by atoms with Crippen molar-refractivity contribution in [3.05, 3.63) is 29.8 Å². The lowest BCUT2D eigenvalue weighted by atomic mass is 10.2. The van der Waals surface area contributed by atoms with Crippen molar-refractivity contribution in [1.82, 2.24) is 0 Å². The first-order chi connectivity index (χ1) is 6.38. The van der Waals surface area contributed by atoms with Gasteiger partial charge >= 0.3 is 0 Å². The maximum atomic E-state index is 5.14. The molecule has 0 aliphatic carbocycles. The molecule has 0 saturated heterocycles. The fraction of sp³-hybridized carbons (Fsp3) is 0.300. The van der Waals surface area contributed by atoms with Gasteiger partial charge in [0.25, 0.3) is 0 Å². The predicted octanol–water partition coefficient (Wildman–Crippen LogP) is 2.22. The number of hydrogen-bond donors (Lipinski definition) is 0. The third-order valence-electron chi connectivity index (χ3n) is 1.59. The molecular weight excluding hydrogens is 166 g/mol. The van der Waals surface area contributed by atoms with E-state index in [9.17, 15) is 0 Å². The maximum absolute atomic E-state index is 5.14. The molecule has 1 aromatic carbocycles. The van der Waals surface area contributed by atoms with Crippen LogP contribution in [0.5, 0.6) is 5.75 Å². The first kappa shape index (κ1) is 9.58. The molecule has 0 atom stereocenters. The van der Waals surface area contributed by atoms with Crippen LogP contribution in [0.25, 0.3) is 0 Å². The second kappa shape index (κ2) is 5.19. The summed E-state index contributed by atoms with van der Waals surface area (Å²) in [5.41, 5.74) is 0.996. The number of methoxy groups -OCH3 is 1. The van der Waals surface area contributed by atoms with Gasteiger partial charge in [-0.05, 0) is 13.0 Å². The zero-order valence-electron chi connectivity index (χ0n) is 7.86. The SMILES string of the molecule is C/C=N/OCc1ccccc1OC. The van der Waals surface area contributed by atoms with Crippen LogP contribution in [0.4, 0.5) is 0 Å². The van der Waals surface area contributed by atoms with Gasteiger partial charge in [-0.3, -0.25) is 0 Å². The Labute approximate surface area is 78.0 Å². The Morgan fingerprint density at radius 2 is 2.15 bits per heavy atom. The second-order valence-electron chi connectivity index (χ2n) is 2.45. The van der Waals surface area contributed by atoms with Crippen molar-refractivity contribution in [1.29, 1.82) is 0 Å². The maximum Gasteiger partial charge on any atom is 0.145 e. The monoisotopic (exact) mass is 179 g/mol. The molecule has 0 aliphatic rings. The van der Waals surface area contributed by atoms with E-state index in [0.29, 0.717) is 6.61 Å². The zero-order chi connectivity index (χ0) is 9.52. The minimum Gasteiger partial charge on any atom is -0.496 e. The van der Waals surface area contributed by atoms with Gasteiger partial charge in [-0.25, -0.2) is 0 Å². The molecule has 1 aromatic rings. The number of hydrogen-bond acceptors (Lipinski definition) is 3. The van der Waals surface area contributed by atoms with Gasteiger partial charge in [0.1, 0.15) is 12.4 Å². The molecule has 0 radical (unpaired) electrons. The first-order valence-electron chi connectivity index (χ1n) is 4.10. The fourth-order valence-electron chi connectivity index (χ4n) is 1.00. The van der Waals surface area contributed by atoms with Crippen molar-refractivity contribution >= 4 is 6.21 Å². The lowest BCUT2D eigenvalue weighted by molar-refractivity contribution is 0.129. The molecule has 0 aliphatic heterocycles. The van der Waals surface area contributed by atoms with E-state index in [-0.39, 0.29) is 0 Å². The normalized spacial score (nSPS) is 10.3. The summed E-state index contributed by atoms with van der Waals surface area (Å²) in [6.45, 7) is 2.25. The predicted molar refractivity (Wildman–Crippen MR) is 51.9 cm³/mol. The van der Waals surface area contributed by atoms with Gasteiger partial charge in [-0.15, -0.1) is 0 Å². The number of nitrogens with zero attached hydrogens (tertiary/aromatic N) is 1. The van der Waals surface area contributed by atoms with Gasteiger partial charge < -0.3 is 9.57 Å². The highest BCUT2D eigenvalue weighted by atomic mass is 16.6. The van der Waals surface area contributed by atoms with Gasteiger partial charge in [0.15, 0.2) is 0 Å². The van der Waals surface area contributed by atoms with Crippen LogP contribution in [0.3, 0.4) is 0 Å². The molecule has 0 spiro atoms. The van der Waals surface area contributed by atoms with Crippen molar-refractivity contribution in [3.63, 3.8) is 0 Å². The molecule has 70 valence electrons. The highest BCUT2D eigenvalue weighted by Crippen LogP contribution is 2.17. The number of ether oxygens (including phenoxy) is 1. The third-order valence-corrected chi connectivity index (χ3v) is 1.59. The van der Waals surface area contributed by atoms with Gasteiger partial charge in [-0.2, -0.15) is 0 Å². The number of oxime groups is 1. The highest BCUT2D eigenvalue weighted by Gasteiger charge is 2.00. The van der Waals surface area contributed by atoms with E-state index in [0.717, 1.165) is 11.3 Å². The molecule has 0 bridgehead atoms. The standard InChI is InChI=1S/C10H13NO2/c1-3-11-13-8-9-6-4-5-7-10(9)12-2/h3-7H,8H2,1-2H3/b11-3+. The minimum absolute atomic E-state index is 0.439. The van der Waals surface area contributed by atoms with Crippen LogP contribution in [0, 0.1) is 0 Å². The van der Waals surface area contributed by atoms with Crippen LogP contribution < -0.4 is 4.74 Å². The summed E-state index contributed by atoms with van der Waals surface area (Å²) in [5, 5.41) is 3.66. The van der Waals surface area contributed by atoms with Gasteiger partial charge in [-0.1, -0.05) is 23.4 Å². The van der Waals surface area contributed by atoms with Crippen LogP contribution in [0.1, 0.15) is 12.5 Å². The lowest BCUT2D eigenvalue weighted by Crippen LogP contribution is -1.92. The zero-order valence-corrected chi connectivity index (χ0v) is 7.86. The van der Waals surface area contributed by atoms with Gasteiger partial charge in [0.05, 0.1) is 7.11 Å². The van der Waals surface area contributed by atoms with Crippen molar-refractivity contribution < 1.29 is 9.57 Å². The van der Waals surface area contributed by atoms with Gasteiger partial charge in [0.2, 0.25) is 0 Å². The topological polar surface area (TPSA) is 30.8 Å². The molecule has 0 heterocycles. The Bertz CT molecular complexity index is 284. The molecule has 0 unspecified atom stereocenters. The quantitative estimate of drug-likeness (QED) is 0.524. The van der Waals surface area contributed by atoms with E-state index in [1.54, 1.807) is 13.3 Å². The smallest absolute Gasteiger partial charge is 0.145 e. The van der Waals surface area contributed by atoms with Crippen LogP contribution >= 0.6 is 0 Å². The van der Waals surface area contributed by atoms with E-state index in [2.05, 4.69) is 5.16 Å². The first-order valence-corrected chi connectivity index (χ1v) is 4.10. The molecular formula is C10H13NO2. The average Bonchev–Trinajstić information content (AvgIpc) is 2.19. The molecule has 3 heteroatoms. The van der Waals surface area contributed by atoms with E-state index in [1.165, 1.54) is 0 Å². The van der Waals surface area contributed by atoms with Crippen molar-refractivity contribution in [2.45, 2.75) is 13.5 Å². The average molecular weight is 179 g/mol. The van der Waals surface area contributed by atoms with Crippen molar-refractivity contribution in [2.75, 3.05) is 7.11 Å². The molecule has 1 rings (SSSR count). The largest absolute Gasteiger partial charge is 0.496 e. The summed E-state index contributed by atoms with van der Waals surface area (Å²) in [5.74, 6) is 0.828. The number of para-hydroxylation sites is 1. The van der Waals surface area contributed by atoms with E-state index in [4.69, 9.17) is 9.57 Å². The van der Waals surface area contributed by atoms with Crippen molar-refractivity contribution in [3.8, 4) is 5.75 Å². The van der Waals surface area contributed by atoms with Crippen LogP contribution in [0.15, 0.2) is 29.4 Å². The van der Waals surface area contributed by atoms with E-state index in [1.807, 2.05) is 31.2 Å². The lowest BCUT2D eigenvalue weighted by Gasteiger charge is -2.05. The molecule has 0 aromatic heterocycles. The second-order valence-corrected chi connectivity index (χ2v) is 2.45. The van der Waals surface area contributed by atoms with Crippen LogP contribution in [-0.4, -0.2) is 13.3 Å². The molecule has 3 nitrogen and oxygen atoms in total. The molecule has 0 amide bonds. The highest BCUT2D eigenvalue weighted by molar-refractivity contribution is 5.52. The Balaban J connectivity index is 2.64. The number of benzene rings is 1. The van der Waals surface area contributed by atoms with Crippen LogP contribution in [-0.2, 0) is 11.4 Å². The Kier molecular flexibility index (Phi) is 3.82. The van der Waals surface area contributed by atoms with E-state index < -0.39 is 0 Å². The third kappa shape index (κ3) is 2.78. The molecule has 0 saturated carbocycles. The summed E-state index contributed by atoms with van der Waals surface area (Å²) in [6, 6.07) is 7.71. The van der Waals surface area contributed by atoms with Gasteiger partial charge in [0, 0.05) is 11.8 Å². The van der Waals surface area contributed by atoms with Crippen molar-refractivity contribution in [2.24, 2.45) is 5.16 Å². The van der Waals surface area contributed by atoms with Crippen LogP contribution in [0.2, 0.25) is 0 Å². The Morgan fingerprint density at radius 3 is 2.85 bits per heavy atom. The fourth-order valence-corrected chi connectivity index (χ4v) is 1.00. The molecule has 0 N–H and O–H groups in total. The summed E-state index contributed by atoms with van der Waals surface area (Å²) >= 11 is 0.